The average molecular weight is 468 g/mol. The van der Waals surface area contributed by atoms with Crippen LogP contribution in [0, 0.1) is 0 Å². The maximum atomic E-state index is 13.4. The maximum Gasteiger partial charge on any atom is 0.295 e. The third-order valence-corrected chi connectivity index (χ3v) is 6.11. The molecule has 4 aromatic rings. The molecule has 0 radical (unpaired) electrons. The Balaban J connectivity index is 1.66. The number of aromatic nitrogens is 2. The molecule has 35 heavy (non-hydrogen) atoms. The maximum absolute atomic E-state index is 13.4. The van der Waals surface area contributed by atoms with E-state index in [9.17, 15) is 14.7 Å². The summed E-state index contributed by atoms with van der Waals surface area (Å²) in [6, 6.07) is 17.5. The number of carbonyl (C=O) groups excluding carboxylic acids is 2. The van der Waals surface area contributed by atoms with Gasteiger partial charge in [-0.15, -0.1) is 0 Å². The normalized spacial score (nSPS) is 17.3. The van der Waals surface area contributed by atoms with Crippen LogP contribution in [0.4, 0.5) is 0 Å². The number of ether oxygens (including phenoxy) is 1. The molecule has 176 valence electrons. The highest BCUT2D eigenvalue weighted by molar-refractivity contribution is 6.46. The molecule has 1 unspecified atom stereocenters. The topological polar surface area (TPSA) is 95.5 Å². The number of fused-ring (bicyclic) bond motifs is 1. The van der Waals surface area contributed by atoms with E-state index in [1.165, 1.54) is 4.90 Å². The largest absolute Gasteiger partial charge is 0.507 e. The number of nitrogens with one attached hydrogen (secondary N) is 1. The molecule has 3 heterocycles. The smallest absolute Gasteiger partial charge is 0.295 e. The number of hydrogen-bond acceptors (Lipinski definition) is 5. The summed E-state index contributed by atoms with van der Waals surface area (Å²) in [6.45, 7) is 2.73. The first-order chi connectivity index (χ1) is 17.1. The van der Waals surface area contributed by atoms with Crippen LogP contribution in [0.25, 0.3) is 16.7 Å². The second-order valence-electron chi connectivity index (χ2n) is 8.45. The van der Waals surface area contributed by atoms with E-state index in [0.717, 1.165) is 28.5 Å². The van der Waals surface area contributed by atoms with Crippen LogP contribution in [0.2, 0.25) is 0 Å². The first-order valence-electron chi connectivity index (χ1n) is 11.5. The van der Waals surface area contributed by atoms with Gasteiger partial charge in [0.05, 0.1) is 18.2 Å². The minimum absolute atomic E-state index is 0.0521. The van der Waals surface area contributed by atoms with Crippen LogP contribution < -0.4 is 4.74 Å². The van der Waals surface area contributed by atoms with Gasteiger partial charge in [-0.25, -0.2) is 0 Å². The van der Waals surface area contributed by atoms with Crippen molar-refractivity contribution < 1.29 is 19.4 Å². The molecule has 0 bridgehead atoms. The van der Waals surface area contributed by atoms with Crippen molar-refractivity contribution in [2.24, 2.45) is 0 Å². The molecule has 2 aromatic heterocycles. The number of H-pyrrole nitrogens is 1. The van der Waals surface area contributed by atoms with Crippen molar-refractivity contribution in [3.63, 3.8) is 0 Å². The fourth-order valence-corrected chi connectivity index (χ4v) is 4.48. The molecule has 0 spiro atoms. The Morgan fingerprint density at radius 3 is 2.77 bits per heavy atom. The van der Waals surface area contributed by atoms with Gasteiger partial charge >= 0.3 is 0 Å². The van der Waals surface area contributed by atoms with Gasteiger partial charge in [0, 0.05) is 47.2 Å². The first-order valence-corrected chi connectivity index (χ1v) is 11.5. The van der Waals surface area contributed by atoms with Gasteiger partial charge in [-0.2, -0.15) is 0 Å². The molecular weight excluding hydrogens is 442 g/mol. The molecular formula is C28H25N3O4. The van der Waals surface area contributed by atoms with E-state index in [0.29, 0.717) is 17.9 Å². The van der Waals surface area contributed by atoms with E-state index in [1.54, 1.807) is 48.9 Å². The number of carbonyl (C=O) groups is 2. The summed E-state index contributed by atoms with van der Waals surface area (Å²) in [5, 5.41) is 12.3. The summed E-state index contributed by atoms with van der Waals surface area (Å²) in [6.07, 6.45) is 5.96. The molecule has 7 heteroatoms. The second-order valence-corrected chi connectivity index (χ2v) is 8.45. The van der Waals surface area contributed by atoms with Crippen molar-refractivity contribution in [1.29, 1.82) is 0 Å². The highest BCUT2D eigenvalue weighted by Gasteiger charge is 2.46. The van der Waals surface area contributed by atoms with Crippen molar-refractivity contribution in [3.05, 3.63) is 102 Å². The van der Waals surface area contributed by atoms with Crippen LogP contribution in [0.5, 0.6) is 5.75 Å². The highest BCUT2D eigenvalue weighted by Crippen LogP contribution is 2.42. The minimum Gasteiger partial charge on any atom is -0.507 e. The zero-order valence-electron chi connectivity index (χ0n) is 19.3. The van der Waals surface area contributed by atoms with Gasteiger partial charge in [0.15, 0.2) is 0 Å². The van der Waals surface area contributed by atoms with E-state index in [2.05, 4.69) is 9.97 Å². The summed E-state index contributed by atoms with van der Waals surface area (Å²) in [4.78, 5) is 35.5. The quantitative estimate of drug-likeness (QED) is 0.227. The summed E-state index contributed by atoms with van der Waals surface area (Å²) in [5.74, 6) is -1.02. The molecule has 2 N–H and O–H groups in total. The molecule has 1 fully saturated rings. The van der Waals surface area contributed by atoms with Crippen LogP contribution >= 0.6 is 0 Å². The van der Waals surface area contributed by atoms with Gasteiger partial charge in [0.2, 0.25) is 0 Å². The Morgan fingerprint density at radius 2 is 1.97 bits per heavy atom. The molecule has 2 aromatic carbocycles. The van der Waals surface area contributed by atoms with E-state index in [4.69, 9.17) is 4.74 Å². The van der Waals surface area contributed by atoms with Crippen molar-refractivity contribution in [2.45, 2.75) is 25.9 Å². The van der Waals surface area contributed by atoms with Crippen LogP contribution in [0.3, 0.4) is 0 Å². The lowest BCUT2D eigenvalue weighted by Crippen LogP contribution is -2.29. The number of aliphatic hydroxyl groups is 1. The van der Waals surface area contributed by atoms with Gasteiger partial charge in [0.25, 0.3) is 11.7 Å². The molecule has 1 atom stereocenters. The summed E-state index contributed by atoms with van der Waals surface area (Å²) in [7, 11) is 0. The zero-order chi connectivity index (χ0) is 24.4. The summed E-state index contributed by atoms with van der Waals surface area (Å²) in [5.41, 5.74) is 2.88. The number of amides is 1. The van der Waals surface area contributed by atoms with Crippen LogP contribution in [-0.4, -0.2) is 38.3 Å². The van der Waals surface area contributed by atoms with Gasteiger partial charge in [-0.1, -0.05) is 43.3 Å². The fourth-order valence-electron chi connectivity index (χ4n) is 4.48. The standard InChI is InChI=1S/C28H25N3O4/c1-2-13-35-20-9-5-8-19(14-20)26(32)24-25(22-16-30-23-11-4-3-10-21(22)23)31(28(34)27(24)33)17-18-7-6-12-29-15-18/h3-12,14-16,25,30,32H,2,13,17H2,1H3/b26-24+. The summed E-state index contributed by atoms with van der Waals surface area (Å²) >= 11 is 0. The van der Waals surface area contributed by atoms with Crippen molar-refractivity contribution in [2.75, 3.05) is 6.61 Å². The molecule has 1 aliphatic heterocycles. The number of aromatic amines is 1. The Labute approximate surface area is 202 Å². The summed E-state index contributed by atoms with van der Waals surface area (Å²) < 4.78 is 5.71. The van der Waals surface area contributed by atoms with Crippen LogP contribution in [0.15, 0.2) is 84.8 Å². The number of rotatable bonds is 7. The second kappa shape index (κ2) is 9.46. The molecule has 1 saturated heterocycles. The number of pyridine rings is 1. The van der Waals surface area contributed by atoms with Gasteiger partial charge in [-0.3, -0.25) is 14.6 Å². The van der Waals surface area contributed by atoms with Gasteiger partial charge in [-0.05, 0) is 36.2 Å². The number of hydrogen-bond donors (Lipinski definition) is 2. The third-order valence-electron chi connectivity index (χ3n) is 6.11. The number of aliphatic hydroxyl groups excluding tert-OH is 1. The van der Waals surface area contributed by atoms with E-state index < -0.39 is 17.7 Å². The van der Waals surface area contributed by atoms with Crippen molar-refractivity contribution >= 4 is 28.4 Å². The lowest BCUT2D eigenvalue weighted by molar-refractivity contribution is -0.140. The number of para-hydroxylation sites is 1. The Hall–Kier alpha value is -4.39. The average Bonchev–Trinajstić information content (AvgIpc) is 3.42. The van der Waals surface area contributed by atoms with Crippen LogP contribution in [-0.2, 0) is 16.1 Å². The first kappa shape index (κ1) is 22.4. The predicted octanol–water partition coefficient (Wildman–Crippen LogP) is 4.97. The Morgan fingerprint density at radius 1 is 1.11 bits per heavy atom. The monoisotopic (exact) mass is 467 g/mol. The van der Waals surface area contributed by atoms with Crippen molar-refractivity contribution in [1.82, 2.24) is 14.9 Å². The fraction of sp³-hybridized carbons (Fsp3) is 0.179. The van der Waals surface area contributed by atoms with E-state index >= 15 is 0 Å². The minimum atomic E-state index is -0.772. The Bertz CT molecular complexity index is 1420. The molecule has 1 aliphatic rings. The molecule has 1 amide bonds. The number of nitrogens with zero attached hydrogens (tertiary/aromatic N) is 2. The number of Topliss-reactive ketones (excluding diaryl/α,β-unsaturated/α-hetero) is 1. The number of benzene rings is 2. The van der Waals surface area contributed by atoms with Gasteiger partial charge in [0.1, 0.15) is 11.5 Å². The number of ketones is 1. The third kappa shape index (κ3) is 4.17. The van der Waals surface area contributed by atoms with Gasteiger partial charge < -0.3 is 19.7 Å². The lowest BCUT2D eigenvalue weighted by Gasteiger charge is -2.25. The molecule has 5 rings (SSSR count). The lowest BCUT2D eigenvalue weighted by atomic mass is 9.94. The zero-order valence-corrected chi connectivity index (χ0v) is 19.3. The van der Waals surface area contributed by atoms with Crippen LogP contribution in [0.1, 0.15) is 36.1 Å². The number of likely N-dealkylation sites (tertiary alicyclic amines) is 1. The van der Waals surface area contributed by atoms with E-state index in [1.807, 2.05) is 37.3 Å². The highest BCUT2D eigenvalue weighted by atomic mass is 16.5. The van der Waals surface area contributed by atoms with E-state index in [-0.39, 0.29) is 17.9 Å². The molecule has 7 nitrogen and oxygen atoms in total. The predicted molar refractivity (Wildman–Crippen MR) is 133 cm³/mol. The molecule has 0 aliphatic carbocycles. The SMILES string of the molecule is CCCOc1cccc(/C(O)=C2\C(=O)C(=O)N(Cc3cccnc3)C2c2c[nH]c3ccccc23)c1. The van der Waals surface area contributed by atoms with Crippen molar-refractivity contribution in [3.8, 4) is 5.75 Å². The Kier molecular flexibility index (Phi) is 6.06. The molecule has 0 saturated carbocycles.